The van der Waals surface area contributed by atoms with E-state index < -0.39 is 0 Å². The van der Waals surface area contributed by atoms with Crippen LogP contribution >= 0.6 is 0 Å². The van der Waals surface area contributed by atoms with Gasteiger partial charge in [0.1, 0.15) is 11.2 Å². The number of fused-ring (bicyclic) bond motifs is 15. The number of hydrogen-bond donors (Lipinski definition) is 0. The summed E-state index contributed by atoms with van der Waals surface area (Å²) in [7, 11) is 0. The van der Waals surface area contributed by atoms with Crippen LogP contribution in [-0.4, -0.2) is 16.1 Å². The molecular formula is C67H43N3O. The van der Waals surface area contributed by atoms with Crippen LogP contribution in [0.5, 0.6) is 0 Å². The Morgan fingerprint density at radius 2 is 0.958 bits per heavy atom. The Balaban J connectivity index is 1.07. The summed E-state index contributed by atoms with van der Waals surface area (Å²) in [5, 5.41) is 18.8. The molecule has 4 nitrogen and oxygen atoms in total. The van der Waals surface area contributed by atoms with E-state index in [1.54, 1.807) is 0 Å². The maximum Gasteiger partial charge on any atom is 0.160 e. The topological polar surface area (TPSA) is 42.8 Å². The number of furan rings is 1. The van der Waals surface area contributed by atoms with Crippen LogP contribution in [0.4, 0.5) is 0 Å². The molecule has 0 N–H and O–H groups in total. The fourth-order valence-electron chi connectivity index (χ4n) is 11.8. The first kappa shape index (κ1) is 39.8. The average Bonchev–Trinajstić information content (AvgIpc) is 3.96. The number of nitrogens with zero attached hydrogens (tertiary/aromatic N) is 3. The summed E-state index contributed by atoms with van der Waals surface area (Å²) in [6, 6.07) is 79.3. The number of benzene rings is 12. The molecule has 12 aromatic carbocycles. The van der Waals surface area contributed by atoms with Gasteiger partial charge in [-0.15, -0.1) is 0 Å². The summed E-state index contributed by atoms with van der Waals surface area (Å²) in [6.07, 6.45) is 3.09. The van der Waals surface area contributed by atoms with E-state index in [1.165, 1.54) is 59.2 Å². The summed E-state index contributed by atoms with van der Waals surface area (Å²) in [5.41, 5.74) is 9.96. The van der Waals surface area contributed by atoms with Crippen molar-refractivity contribution in [1.82, 2.24) is 4.57 Å². The standard InChI is InChI=1S/C67H43N3O/c1-40-30-32-59(68-67(56-36-45-20-6-8-22-47(45)50-25-11-13-27-52(50)56)69-66(40)55-35-44-19-5-7-21-46(44)49-24-10-12-26-51(49)55)57-38-58-64(71-63-33-31-41-16-4-9-23-48(41)65(58)63)39-62(57)70-60-29-15-14-28-53(60)54-34-42-17-2-3-18-43(42)37-61(54)70/h2-29,31-40H,30H2,1H3/b59-32+,68-67?,69-66?. The Morgan fingerprint density at radius 1 is 0.394 bits per heavy atom. The largest absolute Gasteiger partial charge is 0.456 e. The van der Waals surface area contributed by atoms with Crippen LogP contribution in [0.1, 0.15) is 30.0 Å². The zero-order valence-corrected chi connectivity index (χ0v) is 38.9. The first-order chi connectivity index (χ1) is 35.1. The number of para-hydroxylation sites is 1. The molecule has 4 heteroatoms. The summed E-state index contributed by atoms with van der Waals surface area (Å²) >= 11 is 0. The van der Waals surface area contributed by atoms with Crippen molar-refractivity contribution in [3.05, 3.63) is 241 Å². The molecule has 0 amide bonds. The van der Waals surface area contributed by atoms with Gasteiger partial charge in [0.05, 0.1) is 28.1 Å². The molecule has 1 unspecified atom stereocenters. The minimum absolute atomic E-state index is 0.0253. The van der Waals surface area contributed by atoms with Crippen molar-refractivity contribution in [3.63, 3.8) is 0 Å². The van der Waals surface area contributed by atoms with Crippen molar-refractivity contribution >= 4 is 126 Å². The van der Waals surface area contributed by atoms with E-state index in [0.29, 0.717) is 5.84 Å². The lowest BCUT2D eigenvalue weighted by atomic mass is 9.88. The molecule has 332 valence electrons. The summed E-state index contributed by atoms with van der Waals surface area (Å²) in [5.74, 6) is 0.705. The third-order valence-electron chi connectivity index (χ3n) is 15.2. The maximum atomic E-state index is 6.92. The van der Waals surface area contributed by atoms with Gasteiger partial charge in [0.15, 0.2) is 5.84 Å². The summed E-state index contributed by atoms with van der Waals surface area (Å²) in [6.45, 7) is 2.33. The van der Waals surface area contributed by atoms with Crippen LogP contribution in [0, 0.1) is 5.92 Å². The van der Waals surface area contributed by atoms with Gasteiger partial charge < -0.3 is 8.98 Å². The van der Waals surface area contributed by atoms with Gasteiger partial charge in [-0.3, -0.25) is 0 Å². The lowest BCUT2D eigenvalue weighted by molar-refractivity contribution is 0.669. The molecular weight excluding hydrogens is 863 g/mol. The fraction of sp³-hybridized carbons (Fsp3) is 0.0448. The Morgan fingerprint density at radius 3 is 1.68 bits per heavy atom. The first-order valence-corrected chi connectivity index (χ1v) is 24.6. The van der Waals surface area contributed by atoms with Crippen LogP contribution in [0.2, 0.25) is 0 Å². The lowest BCUT2D eigenvalue weighted by Gasteiger charge is -2.22. The molecule has 71 heavy (non-hydrogen) atoms. The van der Waals surface area contributed by atoms with Crippen LogP contribution in [0.3, 0.4) is 0 Å². The number of rotatable bonds is 4. The number of amidine groups is 1. The van der Waals surface area contributed by atoms with Crippen molar-refractivity contribution in [2.75, 3.05) is 0 Å². The van der Waals surface area contributed by atoms with E-state index in [9.17, 15) is 0 Å². The van der Waals surface area contributed by atoms with Crippen LogP contribution in [-0.2, 0) is 0 Å². The van der Waals surface area contributed by atoms with E-state index in [1.807, 2.05) is 0 Å². The Labute approximate surface area is 408 Å². The molecule has 14 aromatic rings. The minimum atomic E-state index is 0.0253. The average molecular weight is 906 g/mol. The zero-order chi connectivity index (χ0) is 46.7. The second kappa shape index (κ2) is 15.4. The second-order valence-electron chi connectivity index (χ2n) is 19.2. The van der Waals surface area contributed by atoms with Crippen molar-refractivity contribution in [2.24, 2.45) is 15.9 Å². The van der Waals surface area contributed by atoms with Crippen LogP contribution in [0.15, 0.2) is 239 Å². The molecule has 0 saturated heterocycles. The van der Waals surface area contributed by atoms with Gasteiger partial charge in [-0.1, -0.05) is 183 Å². The molecule has 0 spiro atoms. The minimum Gasteiger partial charge on any atom is -0.456 e. The highest BCUT2D eigenvalue weighted by Crippen LogP contribution is 2.44. The third kappa shape index (κ3) is 6.11. The number of hydrogen-bond acceptors (Lipinski definition) is 3. The predicted octanol–water partition coefficient (Wildman–Crippen LogP) is 17.9. The van der Waals surface area contributed by atoms with Crippen LogP contribution in [0.25, 0.3) is 120 Å². The normalized spacial score (nSPS) is 15.3. The summed E-state index contributed by atoms with van der Waals surface area (Å²) in [4.78, 5) is 11.9. The molecule has 0 saturated carbocycles. The molecule has 1 aliphatic rings. The van der Waals surface area contributed by atoms with E-state index >= 15 is 0 Å². The quantitative estimate of drug-likeness (QED) is 0.162. The van der Waals surface area contributed by atoms with Crippen molar-refractivity contribution in [2.45, 2.75) is 13.3 Å². The van der Waals surface area contributed by atoms with E-state index in [4.69, 9.17) is 14.4 Å². The number of aromatic nitrogens is 1. The van der Waals surface area contributed by atoms with Gasteiger partial charge in [0.25, 0.3) is 0 Å². The smallest absolute Gasteiger partial charge is 0.160 e. The van der Waals surface area contributed by atoms with Gasteiger partial charge >= 0.3 is 0 Å². The van der Waals surface area contributed by atoms with Gasteiger partial charge in [-0.25, -0.2) is 9.98 Å². The van der Waals surface area contributed by atoms with Crippen molar-refractivity contribution in [1.29, 1.82) is 0 Å². The van der Waals surface area contributed by atoms with Gasteiger partial charge in [0, 0.05) is 50.2 Å². The highest BCUT2D eigenvalue weighted by atomic mass is 16.3. The second-order valence-corrected chi connectivity index (χ2v) is 19.2. The van der Waals surface area contributed by atoms with Gasteiger partial charge in [0.2, 0.25) is 0 Å². The highest BCUT2D eigenvalue weighted by molar-refractivity contribution is 6.27. The number of allylic oxidation sites excluding steroid dienone is 1. The predicted molar refractivity (Wildman–Crippen MR) is 301 cm³/mol. The molecule has 0 bridgehead atoms. The third-order valence-corrected chi connectivity index (χ3v) is 15.2. The fourth-order valence-corrected chi connectivity index (χ4v) is 11.8. The van der Waals surface area contributed by atoms with Crippen molar-refractivity contribution in [3.8, 4) is 5.69 Å². The van der Waals surface area contributed by atoms with Crippen molar-refractivity contribution < 1.29 is 4.42 Å². The Bertz CT molecular complexity index is 4700. The molecule has 0 fully saturated rings. The molecule has 0 radical (unpaired) electrons. The molecule has 3 heterocycles. The first-order valence-electron chi connectivity index (χ1n) is 24.6. The SMILES string of the molecule is CC1C/C=C(\c2cc3c(cc2-n2c4ccccc4c4cc5ccccc5cc42)oc2ccc4ccccc4c23)N=C(c2cc3ccccc3c3ccccc23)N=C1c1cc2ccccc2c2ccccc12. The molecule has 1 aliphatic heterocycles. The molecule has 1 atom stereocenters. The Hall–Kier alpha value is -9.12. The molecule has 15 rings (SSSR count). The lowest BCUT2D eigenvalue weighted by Crippen LogP contribution is -2.18. The van der Waals surface area contributed by atoms with Gasteiger partial charge in [-0.05, 0) is 114 Å². The number of aliphatic imine (C=N–C) groups is 2. The molecule has 0 aliphatic carbocycles. The van der Waals surface area contributed by atoms with Gasteiger partial charge in [-0.2, -0.15) is 0 Å². The van der Waals surface area contributed by atoms with E-state index in [2.05, 4.69) is 236 Å². The van der Waals surface area contributed by atoms with E-state index in [-0.39, 0.29) is 5.92 Å². The monoisotopic (exact) mass is 905 g/mol. The zero-order valence-electron chi connectivity index (χ0n) is 38.9. The van der Waals surface area contributed by atoms with E-state index in [0.717, 1.165) is 89.3 Å². The molecule has 2 aromatic heterocycles. The summed E-state index contributed by atoms with van der Waals surface area (Å²) < 4.78 is 9.36. The Kier molecular flexibility index (Phi) is 8.67. The highest BCUT2D eigenvalue weighted by Gasteiger charge is 2.26. The van der Waals surface area contributed by atoms with Crippen LogP contribution < -0.4 is 0 Å². The maximum absolute atomic E-state index is 6.92.